The maximum absolute atomic E-state index is 12.6. The number of aliphatic hydroxyl groups excluding tert-OH is 2. The molecule has 6 nitrogen and oxygen atoms in total. The van der Waals surface area contributed by atoms with Crippen LogP contribution in [0.5, 0.6) is 0 Å². The molecule has 2 unspecified atom stereocenters. The molecule has 85 heavy (non-hydrogen) atoms. The van der Waals surface area contributed by atoms with Crippen molar-refractivity contribution in [1.29, 1.82) is 0 Å². The average molecular weight is 1200 g/mol. The highest BCUT2D eigenvalue weighted by atomic mass is 16.5. The van der Waals surface area contributed by atoms with E-state index in [4.69, 9.17) is 4.74 Å². The summed E-state index contributed by atoms with van der Waals surface area (Å²) in [6.45, 7) is 5.01. The van der Waals surface area contributed by atoms with Crippen molar-refractivity contribution < 1.29 is 24.5 Å². The number of hydrogen-bond acceptors (Lipinski definition) is 5. The Morgan fingerprint density at radius 2 is 0.553 bits per heavy atom. The molecule has 0 rings (SSSR count). The van der Waals surface area contributed by atoms with Crippen molar-refractivity contribution in [3.05, 3.63) is 12.2 Å². The van der Waals surface area contributed by atoms with E-state index < -0.39 is 12.1 Å². The van der Waals surface area contributed by atoms with Crippen LogP contribution in [-0.4, -0.2) is 47.4 Å². The van der Waals surface area contributed by atoms with Crippen molar-refractivity contribution in [1.82, 2.24) is 5.32 Å². The summed E-state index contributed by atoms with van der Waals surface area (Å²) >= 11 is 0. The zero-order valence-electron chi connectivity index (χ0n) is 58.1. The van der Waals surface area contributed by atoms with Crippen LogP contribution in [-0.2, 0) is 14.3 Å². The third-order valence-corrected chi connectivity index (χ3v) is 18.8. The van der Waals surface area contributed by atoms with Crippen LogP contribution >= 0.6 is 0 Å². The number of aliphatic hydroxyl groups is 2. The van der Waals surface area contributed by atoms with E-state index in [9.17, 15) is 19.8 Å². The Kier molecular flexibility index (Phi) is 73.8. The van der Waals surface area contributed by atoms with E-state index >= 15 is 0 Å². The van der Waals surface area contributed by atoms with Gasteiger partial charge in [-0.1, -0.05) is 405 Å². The van der Waals surface area contributed by atoms with E-state index in [1.807, 2.05) is 0 Å². The van der Waals surface area contributed by atoms with Crippen LogP contribution in [0, 0.1) is 0 Å². The van der Waals surface area contributed by atoms with Gasteiger partial charge in [-0.2, -0.15) is 0 Å². The molecule has 6 heteroatoms. The van der Waals surface area contributed by atoms with Gasteiger partial charge < -0.3 is 20.3 Å². The lowest BCUT2D eigenvalue weighted by molar-refractivity contribution is -0.143. The highest BCUT2D eigenvalue weighted by Crippen LogP contribution is 2.20. The molecule has 0 aromatic rings. The molecule has 506 valence electrons. The molecule has 0 bridgehead atoms. The van der Waals surface area contributed by atoms with Gasteiger partial charge in [0, 0.05) is 12.8 Å². The quantitative estimate of drug-likeness (QED) is 0.0320. The zero-order chi connectivity index (χ0) is 61.3. The number of unbranched alkanes of at least 4 members (excludes halogenated alkanes) is 62. The molecule has 0 heterocycles. The second-order valence-electron chi connectivity index (χ2n) is 27.4. The van der Waals surface area contributed by atoms with Crippen LogP contribution in [0.4, 0.5) is 0 Å². The summed E-state index contributed by atoms with van der Waals surface area (Å²) in [6, 6.07) is -0.540. The largest absolute Gasteiger partial charge is 0.466 e. The van der Waals surface area contributed by atoms with Gasteiger partial charge in [0.05, 0.1) is 25.4 Å². The Morgan fingerprint density at radius 3 is 0.835 bits per heavy atom. The van der Waals surface area contributed by atoms with Crippen molar-refractivity contribution in [3.8, 4) is 0 Å². The molecule has 0 fully saturated rings. The minimum Gasteiger partial charge on any atom is -0.466 e. The number of carbonyl (C=O) groups excluding carboxylic acids is 2. The summed E-state index contributed by atoms with van der Waals surface area (Å²) in [6.07, 6.45) is 94.5. The number of esters is 1. The number of nitrogens with one attached hydrogen (secondary N) is 1. The number of allylic oxidation sites excluding steroid dienone is 2. The van der Waals surface area contributed by atoms with Gasteiger partial charge >= 0.3 is 5.97 Å². The van der Waals surface area contributed by atoms with Crippen molar-refractivity contribution in [2.45, 2.75) is 469 Å². The molecular formula is C79H155NO5. The fraction of sp³-hybridized carbons (Fsp3) is 0.949. The molecule has 0 aromatic carbocycles. The summed E-state index contributed by atoms with van der Waals surface area (Å²) < 4.78 is 5.49. The number of rotatable bonds is 75. The number of hydrogen-bond donors (Lipinski definition) is 3. The summed E-state index contributed by atoms with van der Waals surface area (Å²) in [5.41, 5.74) is 0. The molecule has 3 N–H and O–H groups in total. The summed E-state index contributed by atoms with van der Waals surface area (Å²) in [7, 11) is 0. The Hall–Kier alpha value is -1.40. The Balaban J connectivity index is 3.35. The van der Waals surface area contributed by atoms with E-state index in [0.29, 0.717) is 25.9 Å². The standard InChI is InChI=1S/C79H155NO5/c1-3-5-7-9-11-13-15-17-18-19-20-21-22-33-36-39-42-45-48-51-55-59-63-67-71-77(82)76(75-81)80-78(83)72-68-64-60-56-52-49-46-43-40-37-34-31-29-27-25-23-24-26-28-30-32-35-38-41-44-47-50-54-58-62-66-70-74-85-79(84)73-69-65-61-57-53-16-14-12-10-8-6-4-2/h26,28,76-77,81-82H,3-25,27,29-75H2,1-2H3,(H,80,83)/b28-26-. The third kappa shape index (κ3) is 71.6. The average Bonchev–Trinajstić information content (AvgIpc) is 3.53. The zero-order valence-corrected chi connectivity index (χ0v) is 58.1. The van der Waals surface area contributed by atoms with Gasteiger partial charge in [0.25, 0.3) is 0 Å². The highest BCUT2D eigenvalue weighted by molar-refractivity contribution is 5.76. The molecule has 0 aliphatic heterocycles. The van der Waals surface area contributed by atoms with Crippen LogP contribution in [0.3, 0.4) is 0 Å². The fourth-order valence-corrected chi connectivity index (χ4v) is 12.8. The van der Waals surface area contributed by atoms with Crippen molar-refractivity contribution in [2.75, 3.05) is 13.2 Å². The first-order valence-corrected chi connectivity index (χ1v) is 39.4. The lowest BCUT2D eigenvalue weighted by atomic mass is 10.0. The van der Waals surface area contributed by atoms with Crippen LogP contribution in [0.15, 0.2) is 12.2 Å². The molecule has 0 radical (unpaired) electrons. The van der Waals surface area contributed by atoms with E-state index in [1.54, 1.807) is 0 Å². The summed E-state index contributed by atoms with van der Waals surface area (Å²) in [4.78, 5) is 24.6. The van der Waals surface area contributed by atoms with Gasteiger partial charge in [0.15, 0.2) is 0 Å². The minimum absolute atomic E-state index is 0.0201. The van der Waals surface area contributed by atoms with Crippen molar-refractivity contribution >= 4 is 11.9 Å². The second-order valence-corrected chi connectivity index (χ2v) is 27.4. The van der Waals surface area contributed by atoms with Crippen LogP contribution in [0.1, 0.15) is 457 Å². The molecule has 0 saturated carbocycles. The van der Waals surface area contributed by atoms with Crippen molar-refractivity contribution in [2.24, 2.45) is 0 Å². The monoisotopic (exact) mass is 1200 g/mol. The van der Waals surface area contributed by atoms with Crippen molar-refractivity contribution in [3.63, 3.8) is 0 Å². The lowest BCUT2D eigenvalue weighted by Crippen LogP contribution is -2.45. The van der Waals surface area contributed by atoms with E-state index in [0.717, 1.165) is 38.5 Å². The molecule has 1 amide bonds. The fourth-order valence-electron chi connectivity index (χ4n) is 12.8. The number of amides is 1. The molecular weight excluding hydrogens is 1040 g/mol. The van der Waals surface area contributed by atoms with Gasteiger partial charge in [-0.3, -0.25) is 9.59 Å². The SMILES string of the molecule is CCCCCCCCCCCCCCCCCCCCCCCCCCC(O)C(CO)NC(=O)CCCCCCCCCCCCCCCCCC/C=C\CCCCCCCCCCCCCCOC(=O)CCCCCCCCCCCCCC. The van der Waals surface area contributed by atoms with Crippen LogP contribution in [0.25, 0.3) is 0 Å². The Bertz CT molecular complexity index is 1290. The van der Waals surface area contributed by atoms with Gasteiger partial charge in [0.1, 0.15) is 0 Å². The smallest absolute Gasteiger partial charge is 0.305 e. The van der Waals surface area contributed by atoms with Crippen LogP contribution in [0.2, 0.25) is 0 Å². The molecule has 0 aliphatic rings. The molecule has 0 aliphatic carbocycles. The van der Waals surface area contributed by atoms with E-state index in [1.165, 1.54) is 385 Å². The maximum Gasteiger partial charge on any atom is 0.305 e. The first-order valence-electron chi connectivity index (χ1n) is 39.4. The van der Waals surface area contributed by atoms with Gasteiger partial charge in [-0.25, -0.2) is 0 Å². The summed E-state index contributed by atoms with van der Waals surface area (Å²) in [5, 5.41) is 23.5. The van der Waals surface area contributed by atoms with Gasteiger partial charge in [0.2, 0.25) is 5.91 Å². The third-order valence-electron chi connectivity index (χ3n) is 18.8. The minimum atomic E-state index is -0.663. The predicted molar refractivity (Wildman–Crippen MR) is 375 cm³/mol. The van der Waals surface area contributed by atoms with E-state index in [-0.39, 0.29) is 18.5 Å². The summed E-state index contributed by atoms with van der Waals surface area (Å²) in [5.74, 6) is -0.00609. The number of ether oxygens (including phenoxy) is 1. The van der Waals surface area contributed by atoms with Gasteiger partial charge in [-0.05, 0) is 51.4 Å². The predicted octanol–water partition coefficient (Wildman–Crippen LogP) is 25.9. The molecule has 0 saturated heterocycles. The Labute approximate surface area is 533 Å². The highest BCUT2D eigenvalue weighted by Gasteiger charge is 2.20. The topological polar surface area (TPSA) is 95.9 Å². The van der Waals surface area contributed by atoms with E-state index in [2.05, 4.69) is 31.3 Å². The van der Waals surface area contributed by atoms with Crippen LogP contribution < -0.4 is 5.32 Å². The lowest BCUT2D eigenvalue weighted by Gasteiger charge is -2.22. The Morgan fingerprint density at radius 1 is 0.318 bits per heavy atom. The molecule has 0 spiro atoms. The maximum atomic E-state index is 12.6. The first kappa shape index (κ1) is 83.6. The van der Waals surface area contributed by atoms with Gasteiger partial charge in [-0.15, -0.1) is 0 Å². The molecule has 2 atom stereocenters. The second kappa shape index (κ2) is 75.1. The molecule has 0 aromatic heterocycles. The normalized spacial score (nSPS) is 12.5. The first-order chi connectivity index (χ1) is 42.0. The number of carbonyl (C=O) groups is 2.